The highest BCUT2D eigenvalue weighted by Crippen LogP contribution is 2.20. The second-order valence-corrected chi connectivity index (χ2v) is 8.26. The van der Waals surface area contributed by atoms with Crippen LogP contribution < -0.4 is 4.74 Å². The molecule has 0 N–H and O–H groups in total. The predicted octanol–water partition coefficient (Wildman–Crippen LogP) is 7.23. The zero-order chi connectivity index (χ0) is 21.4. The van der Waals surface area contributed by atoms with Gasteiger partial charge in [-0.15, -0.1) is 0 Å². The van der Waals surface area contributed by atoms with Crippen LogP contribution in [0.1, 0.15) is 84.1 Å². The first-order valence-electron chi connectivity index (χ1n) is 11.8. The first-order chi connectivity index (χ1) is 14.7. The topological polar surface area (TPSA) is 44.2 Å². The molecule has 0 spiro atoms. The van der Waals surface area contributed by atoms with Crippen molar-refractivity contribution < 1.29 is 9.47 Å². The van der Waals surface area contributed by atoms with E-state index in [2.05, 4.69) is 30.7 Å². The minimum atomic E-state index is 0.581. The van der Waals surface area contributed by atoms with Gasteiger partial charge in [0, 0.05) is 30.1 Å². The molecule has 0 saturated carbocycles. The van der Waals surface area contributed by atoms with E-state index in [0.717, 1.165) is 54.7 Å². The normalized spacial score (nSPS) is 12.1. The quantitative estimate of drug-likeness (QED) is 0.273. The second kappa shape index (κ2) is 15.0. The smallest absolute Gasteiger partial charge is 0.159 e. The lowest BCUT2D eigenvalue weighted by Gasteiger charge is -2.09. The number of rotatable bonds is 16. The zero-order valence-electron chi connectivity index (χ0n) is 19.2. The summed E-state index contributed by atoms with van der Waals surface area (Å²) in [6.07, 6.45) is 14.9. The van der Waals surface area contributed by atoms with E-state index in [9.17, 15) is 0 Å². The van der Waals surface area contributed by atoms with Crippen molar-refractivity contribution in [1.82, 2.24) is 9.97 Å². The Labute approximate surface area is 183 Å². The number of hydrogen-bond acceptors (Lipinski definition) is 4. The molecule has 0 amide bonds. The molecule has 1 heterocycles. The molecule has 30 heavy (non-hydrogen) atoms. The van der Waals surface area contributed by atoms with Crippen molar-refractivity contribution in [1.29, 1.82) is 0 Å². The Balaban J connectivity index is 1.68. The molecular formula is C26H40N2O2. The van der Waals surface area contributed by atoms with Gasteiger partial charge < -0.3 is 9.47 Å². The third kappa shape index (κ3) is 9.71. The largest absolute Gasteiger partial charge is 0.494 e. The van der Waals surface area contributed by atoms with Gasteiger partial charge in [-0.2, -0.15) is 0 Å². The van der Waals surface area contributed by atoms with Gasteiger partial charge in [0.15, 0.2) is 5.82 Å². The molecule has 0 aliphatic rings. The van der Waals surface area contributed by atoms with Gasteiger partial charge in [0.1, 0.15) is 5.75 Å². The van der Waals surface area contributed by atoms with E-state index in [0.29, 0.717) is 6.61 Å². The Kier molecular flexibility index (Phi) is 12.1. The van der Waals surface area contributed by atoms with Gasteiger partial charge in [0.2, 0.25) is 0 Å². The maximum Gasteiger partial charge on any atom is 0.159 e. The molecule has 4 heteroatoms. The fraction of sp³-hybridized carbons (Fsp3) is 0.615. The summed E-state index contributed by atoms with van der Waals surface area (Å²) in [6.45, 7) is 8.97. The van der Waals surface area contributed by atoms with Crippen LogP contribution in [0.15, 0.2) is 36.7 Å². The molecule has 0 aliphatic carbocycles. The predicted molar refractivity (Wildman–Crippen MR) is 125 cm³/mol. The van der Waals surface area contributed by atoms with Crippen molar-refractivity contribution in [2.24, 2.45) is 5.92 Å². The van der Waals surface area contributed by atoms with Gasteiger partial charge in [0.25, 0.3) is 0 Å². The summed E-state index contributed by atoms with van der Waals surface area (Å²) in [5.41, 5.74) is 2.02. The van der Waals surface area contributed by atoms with Crippen molar-refractivity contribution >= 4 is 0 Å². The third-order valence-corrected chi connectivity index (χ3v) is 5.54. The van der Waals surface area contributed by atoms with E-state index in [-0.39, 0.29) is 0 Å². The molecule has 1 aromatic heterocycles. The molecule has 2 aromatic rings. The molecular weight excluding hydrogens is 372 g/mol. The van der Waals surface area contributed by atoms with Crippen LogP contribution in [0.3, 0.4) is 0 Å². The summed E-state index contributed by atoms with van der Waals surface area (Å²) >= 11 is 0. The Bertz CT molecular complexity index is 670. The van der Waals surface area contributed by atoms with Gasteiger partial charge >= 0.3 is 0 Å². The number of unbranched alkanes of at least 4 members (excludes halogenated alkanes) is 5. The van der Waals surface area contributed by atoms with Crippen molar-refractivity contribution in [3.63, 3.8) is 0 Å². The Morgan fingerprint density at radius 1 is 0.833 bits per heavy atom. The molecule has 1 unspecified atom stereocenters. The summed E-state index contributed by atoms with van der Waals surface area (Å²) in [6, 6.07) is 8.05. The van der Waals surface area contributed by atoms with E-state index in [1.807, 2.05) is 36.7 Å². The van der Waals surface area contributed by atoms with Crippen LogP contribution >= 0.6 is 0 Å². The average Bonchev–Trinajstić information content (AvgIpc) is 2.79. The van der Waals surface area contributed by atoms with Gasteiger partial charge in [-0.25, -0.2) is 9.97 Å². The van der Waals surface area contributed by atoms with Crippen molar-refractivity contribution in [3.8, 4) is 17.1 Å². The molecule has 0 fully saturated rings. The van der Waals surface area contributed by atoms with Crippen LogP contribution in [0.5, 0.6) is 5.75 Å². The summed E-state index contributed by atoms with van der Waals surface area (Å²) < 4.78 is 11.6. The zero-order valence-corrected chi connectivity index (χ0v) is 19.2. The van der Waals surface area contributed by atoms with Crippen LogP contribution in [0.2, 0.25) is 0 Å². The number of aromatic nitrogens is 2. The number of benzene rings is 1. The first-order valence-corrected chi connectivity index (χ1v) is 11.8. The fourth-order valence-electron chi connectivity index (χ4n) is 3.27. The summed E-state index contributed by atoms with van der Waals surface area (Å²) in [5.74, 6) is 2.46. The number of nitrogens with zero attached hydrogens (tertiary/aromatic N) is 2. The van der Waals surface area contributed by atoms with Crippen molar-refractivity contribution in [2.45, 2.75) is 85.2 Å². The van der Waals surface area contributed by atoms with Crippen molar-refractivity contribution in [3.05, 3.63) is 42.2 Å². The number of ether oxygens (including phenoxy) is 2. The van der Waals surface area contributed by atoms with Crippen LogP contribution in [0, 0.1) is 5.92 Å². The van der Waals surface area contributed by atoms with Gasteiger partial charge in [-0.1, -0.05) is 59.3 Å². The molecule has 166 valence electrons. The molecule has 0 bridgehead atoms. The molecule has 0 radical (unpaired) electrons. The van der Waals surface area contributed by atoms with E-state index < -0.39 is 0 Å². The summed E-state index contributed by atoms with van der Waals surface area (Å²) in [4.78, 5) is 8.99. The lowest BCUT2D eigenvalue weighted by Crippen LogP contribution is -2.00. The molecule has 0 saturated heterocycles. The van der Waals surface area contributed by atoms with Gasteiger partial charge in [0.05, 0.1) is 13.2 Å². The lowest BCUT2D eigenvalue weighted by molar-refractivity contribution is 0.116. The SMILES string of the molecule is CCCCCCCOCc1cnc(-c2ccc(OCCCCC(C)CC)cc2)nc1. The third-order valence-electron chi connectivity index (χ3n) is 5.54. The van der Waals surface area contributed by atoms with Gasteiger partial charge in [-0.3, -0.25) is 0 Å². The summed E-state index contributed by atoms with van der Waals surface area (Å²) in [5, 5.41) is 0. The minimum Gasteiger partial charge on any atom is -0.494 e. The van der Waals surface area contributed by atoms with Crippen LogP contribution in [-0.4, -0.2) is 23.2 Å². The highest BCUT2D eigenvalue weighted by Gasteiger charge is 2.04. The summed E-state index contributed by atoms with van der Waals surface area (Å²) in [7, 11) is 0. The second-order valence-electron chi connectivity index (χ2n) is 8.26. The van der Waals surface area contributed by atoms with Crippen LogP contribution in [-0.2, 0) is 11.3 Å². The highest BCUT2D eigenvalue weighted by atomic mass is 16.5. The molecule has 2 rings (SSSR count). The maximum atomic E-state index is 5.86. The first kappa shape index (κ1) is 24.3. The fourth-order valence-corrected chi connectivity index (χ4v) is 3.27. The lowest BCUT2D eigenvalue weighted by atomic mass is 10.0. The minimum absolute atomic E-state index is 0.581. The van der Waals surface area contributed by atoms with Crippen LogP contribution in [0.4, 0.5) is 0 Å². The Hall–Kier alpha value is -1.94. The number of hydrogen-bond donors (Lipinski definition) is 0. The van der Waals surface area contributed by atoms with E-state index >= 15 is 0 Å². The molecule has 1 aromatic carbocycles. The standard InChI is InChI=1S/C26H40N2O2/c1-4-6-7-8-10-17-29-21-23-19-27-26(28-20-23)24-13-15-25(16-14-24)30-18-11-9-12-22(3)5-2/h13-16,19-20,22H,4-12,17-18,21H2,1-3H3. The van der Waals surface area contributed by atoms with Crippen LogP contribution in [0.25, 0.3) is 11.4 Å². The van der Waals surface area contributed by atoms with Crippen molar-refractivity contribution in [2.75, 3.05) is 13.2 Å². The Morgan fingerprint density at radius 3 is 2.23 bits per heavy atom. The molecule has 0 aliphatic heterocycles. The molecule has 4 nitrogen and oxygen atoms in total. The highest BCUT2D eigenvalue weighted by molar-refractivity contribution is 5.55. The average molecular weight is 413 g/mol. The van der Waals surface area contributed by atoms with E-state index in [4.69, 9.17) is 9.47 Å². The Morgan fingerprint density at radius 2 is 1.53 bits per heavy atom. The molecule has 1 atom stereocenters. The maximum absolute atomic E-state index is 5.86. The monoisotopic (exact) mass is 412 g/mol. The van der Waals surface area contributed by atoms with Gasteiger partial charge in [-0.05, 0) is 49.4 Å². The van der Waals surface area contributed by atoms with E-state index in [1.54, 1.807) is 0 Å². The van der Waals surface area contributed by atoms with E-state index in [1.165, 1.54) is 44.9 Å².